The van der Waals surface area contributed by atoms with Crippen LogP contribution in [-0.2, 0) is 16.2 Å². The van der Waals surface area contributed by atoms with Gasteiger partial charge in [0.15, 0.2) is 5.96 Å². The van der Waals surface area contributed by atoms with Crippen LogP contribution in [0.1, 0.15) is 37.9 Å². The number of guanidine groups is 1. The van der Waals surface area contributed by atoms with Crippen molar-refractivity contribution in [2.45, 2.75) is 33.0 Å². The van der Waals surface area contributed by atoms with Crippen molar-refractivity contribution >= 4 is 40.0 Å². The number of benzene rings is 1. The van der Waals surface area contributed by atoms with Crippen LogP contribution >= 0.6 is 24.0 Å². The predicted molar refractivity (Wildman–Crippen MR) is 116 cm³/mol. The van der Waals surface area contributed by atoms with Gasteiger partial charge in [0.1, 0.15) is 0 Å². The molecule has 0 amide bonds. The molecule has 1 atom stereocenters. The summed E-state index contributed by atoms with van der Waals surface area (Å²) in [6.07, 6.45) is -4.41. The number of nitrogens with one attached hydrogen (secondary N) is 2. The van der Waals surface area contributed by atoms with Crippen molar-refractivity contribution in [3.8, 4) is 0 Å². The summed E-state index contributed by atoms with van der Waals surface area (Å²) in [5.74, 6) is 0.211. The molecule has 0 radical (unpaired) electrons. The maximum Gasteiger partial charge on any atom is 0.416 e. The van der Waals surface area contributed by atoms with E-state index in [1.807, 2.05) is 0 Å². The minimum atomic E-state index is -4.41. The van der Waals surface area contributed by atoms with Crippen LogP contribution in [0.25, 0.3) is 0 Å². The van der Waals surface area contributed by atoms with Crippen LogP contribution in [0.3, 0.4) is 0 Å². The number of aliphatic imine (C=N–C) groups is 1. The lowest BCUT2D eigenvalue weighted by atomic mass is 10.1. The van der Waals surface area contributed by atoms with E-state index < -0.39 is 27.8 Å². The summed E-state index contributed by atoms with van der Waals surface area (Å²) in [5.41, 5.74) is -0.273. The van der Waals surface area contributed by atoms with Gasteiger partial charge < -0.3 is 10.6 Å². The molecule has 0 saturated heterocycles. The Hall–Kier alpha value is -1.08. The molecule has 2 N–H and O–H groups in total. The van der Waals surface area contributed by atoms with Gasteiger partial charge in [0, 0.05) is 26.7 Å². The third kappa shape index (κ3) is 8.11. The summed E-state index contributed by atoms with van der Waals surface area (Å²) in [5, 5.41) is 5.85. The Morgan fingerprint density at radius 2 is 1.86 bits per heavy atom. The van der Waals surface area contributed by atoms with Crippen molar-refractivity contribution in [1.82, 2.24) is 14.9 Å². The Labute approximate surface area is 182 Å². The number of nitrogens with zero attached hydrogens (tertiary/aromatic N) is 2. The van der Waals surface area contributed by atoms with Crippen LogP contribution in [0, 0.1) is 0 Å². The van der Waals surface area contributed by atoms with Crippen molar-refractivity contribution in [2.24, 2.45) is 4.99 Å². The van der Waals surface area contributed by atoms with E-state index in [9.17, 15) is 21.6 Å². The first kappa shape index (κ1) is 26.9. The van der Waals surface area contributed by atoms with E-state index in [1.165, 1.54) is 17.4 Å². The fourth-order valence-electron chi connectivity index (χ4n) is 2.51. The molecule has 0 aliphatic carbocycles. The highest BCUT2D eigenvalue weighted by Gasteiger charge is 2.30. The Kier molecular flexibility index (Phi) is 11.4. The number of alkyl halides is 3. The molecule has 1 rings (SSSR count). The molecular formula is C17H28F3IN4O2S. The summed E-state index contributed by atoms with van der Waals surface area (Å²) in [6.45, 7) is 6.18. The number of halogens is 4. The lowest BCUT2D eigenvalue weighted by Gasteiger charge is -2.21. The highest BCUT2D eigenvalue weighted by molar-refractivity contribution is 14.0. The smallest absolute Gasteiger partial charge is 0.355 e. The second-order valence-electron chi connectivity index (χ2n) is 5.89. The van der Waals surface area contributed by atoms with E-state index in [0.717, 1.165) is 12.1 Å². The normalized spacial score (nSPS) is 13.8. The zero-order chi connectivity index (χ0) is 20.7. The third-order valence-corrected chi connectivity index (χ3v) is 6.07. The van der Waals surface area contributed by atoms with E-state index in [2.05, 4.69) is 15.6 Å². The van der Waals surface area contributed by atoms with Crippen molar-refractivity contribution < 1.29 is 21.6 Å². The van der Waals surface area contributed by atoms with Gasteiger partial charge in [0.2, 0.25) is 10.0 Å². The lowest BCUT2D eigenvalue weighted by molar-refractivity contribution is -0.137. The molecule has 6 nitrogen and oxygen atoms in total. The van der Waals surface area contributed by atoms with Crippen LogP contribution in [0.2, 0.25) is 0 Å². The second kappa shape index (κ2) is 11.8. The first-order valence-corrected chi connectivity index (χ1v) is 10.3. The van der Waals surface area contributed by atoms with Gasteiger partial charge in [0.05, 0.1) is 17.4 Å². The molecule has 162 valence electrons. The zero-order valence-corrected chi connectivity index (χ0v) is 19.5. The summed E-state index contributed by atoms with van der Waals surface area (Å²) in [7, 11) is -1.86. The highest BCUT2D eigenvalue weighted by atomic mass is 127. The van der Waals surface area contributed by atoms with Gasteiger partial charge in [0.25, 0.3) is 0 Å². The quantitative estimate of drug-likeness (QED) is 0.304. The van der Waals surface area contributed by atoms with Crippen LogP contribution in [0.15, 0.2) is 29.3 Å². The standard InChI is InChI=1S/C17H27F3N4O2S.HI/c1-5-24(6-2)27(25,26)11-10-22-16(21-4)23-13(3)14-8-7-9-15(12-14)17(18,19)20;/h7-9,12-13H,5-6,10-11H2,1-4H3,(H2,21,22,23);1H. The molecule has 1 unspecified atom stereocenters. The summed E-state index contributed by atoms with van der Waals surface area (Å²) < 4.78 is 64.2. The molecule has 0 aliphatic rings. The molecule has 0 aromatic heterocycles. The highest BCUT2D eigenvalue weighted by Crippen LogP contribution is 2.30. The second-order valence-corrected chi connectivity index (χ2v) is 7.98. The van der Waals surface area contributed by atoms with Gasteiger partial charge in [-0.2, -0.15) is 13.2 Å². The van der Waals surface area contributed by atoms with Gasteiger partial charge in [-0.25, -0.2) is 12.7 Å². The molecule has 1 aromatic rings. The average molecular weight is 536 g/mol. The topological polar surface area (TPSA) is 73.8 Å². The minimum absolute atomic E-state index is 0. The predicted octanol–water partition coefficient (Wildman–Crippen LogP) is 3.22. The fourth-order valence-corrected chi connectivity index (χ4v) is 3.92. The van der Waals surface area contributed by atoms with Gasteiger partial charge in [-0.3, -0.25) is 4.99 Å². The van der Waals surface area contributed by atoms with Crippen molar-refractivity contribution in [1.29, 1.82) is 0 Å². The average Bonchev–Trinajstić information content (AvgIpc) is 2.60. The van der Waals surface area contributed by atoms with Crippen molar-refractivity contribution in [3.63, 3.8) is 0 Å². The summed E-state index contributed by atoms with van der Waals surface area (Å²) in [4.78, 5) is 3.99. The monoisotopic (exact) mass is 536 g/mol. The summed E-state index contributed by atoms with van der Waals surface area (Å²) in [6, 6.07) is 4.59. The number of hydrogen-bond donors (Lipinski definition) is 2. The molecular weight excluding hydrogens is 508 g/mol. The van der Waals surface area contributed by atoms with E-state index >= 15 is 0 Å². The third-order valence-electron chi connectivity index (χ3n) is 4.04. The number of rotatable bonds is 8. The van der Waals surface area contributed by atoms with E-state index in [1.54, 1.807) is 26.8 Å². The number of sulfonamides is 1. The largest absolute Gasteiger partial charge is 0.416 e. The molecule has 11 heteroatoms. The SMILES string of the molecule is CCN(CC)S(=O)(=O)CCNC(=NC)NC(C)c1cccc(C(F)(F)F)c1.I. The fraction of sp³-hybridized carbons (Fsp3) is 0.588. The molecule has 0 aliphatic heterocycles. The van der Waals surface area contributed by atoms with Crippen LogP contribution in [-0.4, -0.2) is 51.1 Å². The molecule has 0 bridgehead atoms. The Balaban J connectivity index is 0.00000729. The first-order chi connectivity index (χ1) is 12.5. The Morgan fingerprint density at radius 1 is 1.25 bits per heavy atom. The van der Waals surface area contributed by atoms with Gasteiger partial charge in [-0.1, -0.05) is 26.0 Å². The lowest BCUT2D eigenvalue weighted by Crippen LogP contribution is -2.42. The molecule has 0 spiro atoms. The molecule has 28 heavy (non-hydrogen) atoms. The van der Waals surface area contributed by atoms with Gasteiger partial charge >= 0.3 is 6.18 Å². The van der Waals surface area contributed by atoms with E-state index in [0.29, 0.717) is 24.6 Å². The minimum Gasteiger partial charge on any atom is -0.355 e. The van der Waals surface area contributed by atoms with Crippen molar-refractivity contribution in [3.05, 3.63) is 35.4 Å². The van der Waals surface area contributed by atoms with Crippen molar-refractivity contribution in [2.75, 3.05) is 32.4 Å². The zero-order valence-electron chi connectivity index (χ0n) is 16.4. The van der Waals surface area contributed by atoms with E-state index in [-0.39, 0.29) is 36.3 Å². The van der Waals surface area contributed by atoms with Crippen LogP contribution in [0.5, 0.6) is 0 Å². The van der Waals surface area contributed by atoms with Crippen LogP contribution in [0.4, 0.5) is 13.2 Å². The Bertz CT molecular complexity index is 738. The maximum atomic E-state index is 12.8. The van der Waals surface area contributed by atoms with Crippen LogP contribution < -0.4 is 10.6 Å². The molecule has 0 fully saturated rings. The molecule has 0 saturated carbocycles. The maximum absolute atomic E-state index is 12.8. The van der Waals surface area contributed by atoms with Gasteiger partial charge in [-0.05, 0) is 24.6 Å². The number of hydrogen-bond acceptors (Lipinski definition) is 3. The first-order valence-electron chi connectivity index (χ1n) is 8.67. The van der Waals surface area contributed by atoms with Gasteiger partial charge in [-0.15, -0.1) is 24.0 Å². The van der Waals surface area contributed by atoms with E-state index in [4.69, 9.17) is 0 Å². The Morgan fingerprint density at radius 3 is 2.36 bits per heavy atom. The molecule has 1 aromatic carbocycles. The molecule has 0 heterocycles. The summed E-state index contributed by atoms with van der Waals surface area (Å²) >= 11 is 0.